The molecule has 0 amide bonds. The zero-order chi connectivity index (χ0) is 13.4. The second-order valence-electron chi connectivity index (χ2n) is 3.90. The molecule has 0 aliphatic carbocycles. The van der Waals surface area contributed by atoms with Crippen molar-refractivity contribution in [1.82, 2.24) is 0 Å². The molecule has 0 aliphatic rings. The zero-order valence-corrected chi connectivity index (χ0v) is 12.3. The van der Waals surface area contributed by atoms with Crippen molar-refractivity contribution in [3.63, 3.8) is 0 Å². The Kier molecular flexibility index (Phi) is 7.05. The van der Waals surface area contributed by atoms with Crippen molar-refractivity contribution in [2.45, 2.75) is 11.8 Å². The van der Waals surface area contributed by atoms with Crippen LogP contribution in [0, 0.1) is 5.92 Å². The van der Waals surface area contributed by atoms with Gasteiger partial charge in [0.25, 0.3) is 0 Å². The van der Waals surface area contributed by atoms with Crippen molar-refractivity contribution >= 4 is 28.5 Å². The Morgan fingerprint density at radius 1 is 1.39 bits per heavy atom. The van der Waals surface area contributed by atoms with Crippen LogP contribution in [0.4, 0.5) is 0 Å². The van der Waals surface area contributed by atoms with E-state index >= 15 is 0 Å². The van der Waals surface area contributed by atoms with Crippen LogP contribution in [-0.4, -0.2) is 34.5 Å². The molecule has 0 N–H and O–H groups in total. The Balaban J connectivity index is 2.23. The van der Waals surface area contributed by atoms with E-state index in [9.17, 15) is 9.00 Å². The minimum Gasteiger partial charge on any atom is -0.469 e. The molecule has 1 aromatic carbocycles. The molecule has 3 nitrogen and oxygen atoms in total. The molecule has 0 bridgehead atoms. The lowest BCUT2D eigenvalue weighted by molar-refractivity contribution is -0.144. The molecule has 18 heavy (non-hydrogen) atoms. The van der Waals surface area contributed by atoms with Crippen LogP contribution in [0.25, 0.3) is 0 Å². The molecule has 0 heterocycles. The third kappa shape index (κ3) is 5.69. The van der Waals surface area contributed by atoms with E-state index in [1.54, 1.807) is 18.7 Å². The molecular weight excluding hydrogens is 268 g/mol. The number of carbonyl (C=O) groups excluding carboxylic acids is 1. The monoisotopic (exact) mass is 286 g/mol. The van der Waals surface area contributed by atoms with Crippen molar-refractivity contribution < 1.29 is 13.7 Å². The Morgan fingerprint density at radius 2 is 2.06 bits per heavy atom. The smallest absolute Gasteiger partial charge is 0.309 e. The first-order valence-corrected chi connectivity index (χ1v) is 8.21. The van der Waals surface area contributed by atoms with Gasteiger partial charge in [0.15, 0.2) is 0 Å². The fraction of sp³-hybridized carbons (Fsp3) is 0.462. The molecular formula is C13H18O3S2. The van der Waals surface area contributed by atoms with Gasteiger partial charge < -0.3 is 4.74 Å². The minimum absolute atomic E-state index is 0.293. The van der Waals surface area contributed by atoms with Crippen LogP contribution in [0.2, 0.25) is 0 Å². The van der Waals surface area contributed by atoms with Gasteiger partial charge in [-0.3, -0.25) is 9.00 Å². The summed E-state index contributed by atoms with van der Waals surface area (Å²) in [4.78, 5) is 12.4. The predicted octanol–water partition coefficient (Wildman–Crippen LogP) is 2.34. The number of carbonyl (C=O) groups is 1. The number of esters is 1. The van der Waals surface area contributed by atoms with Crippen LogP contribution in [0.1, 0.15) is 6.92 Å². The van der Waals surface area contributed by atoms with Gasteiger partial charge >= 0.3 is 5.97 Å². The Morgan fingerprint density at radius 3 is 2.67 bits per heavy atom. The van der Waals surface area contributed by atoms with Crippen LogP contribution in [-0.2, 0) is 20.3 Å². The van der Waals surface area contributed by atoms with Crippen LogP contribution in [0.3, 0.4) is 0 Å². The van der Waals surface area contributed by atoms with Gasteiger partial charge in [0.2, 0.25) is 0 Å². The first-order valence-electron chi connectivity index (χ1n) is 5.74. The first kappa shape index (κ1) is 15.2. The first-order chi connectivity index (χ1) is 8.63. The summed E-state index contributed by atoms with van der Waals surface area (Å²) in [5, 5.41) is 0. The van der Waals surface area contributed by atoms with Gasteiger partial charge in [-0.15, -0.1) is 11.8 Å². The van der Waals surface area contributed by atoms with Crippen LogP contribution in [0.5, 0.6) is 0 Å². The normalized spacial score (nSPS) is 13.9. The lowest BCUT2D eigenvalue weighted by atomic mass is 10.2. The minimum atomic E-state index is -0.968. The Hall–Kier alpha value is -0.810. The Labute approximate surface area is 115 Å². The number of hydrogen-bond donors (Lipinski definition) is 0. The van der Waals surface area contributed by atoms with Gasteiger partial charge in [0, 0.05) is 33.0 Å². The van der Waals surface area contributed by atoms with Crippen LogP contribution in [0.15, 0.2) is 35.2 Å². The lowest BCUT2D eigenvalue weighted by Crippen LogP contribution is -2.21. The number of rotatable bonds is 7. The predicted molar refractivity (Wildman–Crippen MR) is 76.2 cm³/mol. The zero-order valence-electron chi connectivity index (χ0n) is 10.6. The van der Waals surface area contributed by atoms with E-state index < -0.39 is 10.8 Å². The molecule has 0 spiro atoms. The average Bonchev–Trinajstić information content (AvgIpc) is 2.38. The number of benzene rings is 1. The van der Waals surface area contributed by atoms with E-state index in [1.165, 1.54) is 12.0 Å². The summed E-state index contributed by atoms with van der Waals surface area (Å²) in [5.41, 5.74) is 0. The summed E-state index contributed by atoms with van der Waals surface area (Å²) in [7, 11) is 0.387. The van der Waals surface area contributed by atoms with Gasteiger partial charge in [-0.1, -0.05) is 25.1 Å². The van der Waals surface area contributed by atoms with E-state index in [-0.39, 0.29) is 11.9 Å². The summed E-state index contributed by atoms with van der Waals surface area (Å²) in [6.07, 6.45) is 0. The molecule has 0 aromatic heterocycles. The van der Waals surface area contributed by atoms with E-state index in [0.29, 0.717) is 11.5 Å². The second kappa shape index (κ2) is 8.32. The average molecular weight is 286 g/mol. The van der Waals surface area contributed by atoms with Crippen LogP contribution >= 0.6 is 11.8 Å². The van der Waals surface area contributed by atoms with E-state index in [4.69, 9.17) is 0 Å². The van der Waals surface area contributed by atoms with Crippen LogP contribution < -0.4 is 0 Å². The maximum absolute atomic E-state index is 11.8. The van der Waals surface area contributed by atoms with Crippen molar-refractivity contribution in [2.24, 2.45) is 5.92 Å². The molecule has 0 saturated carbocycles. The molecule has 0 saturated heterocycles. The van der Waals surface area contributed by atoms with E-state index in [1.807, 2.05) is 30.3 Å². The quantitative estimate of drug-likeness (QED) is 0.570. The largest absolute Gasteiger partial charge is 0.469 e. The summed E-state index contributed by atoms with van der Waals surface area (Å²) >= 11 is 1.68. The number of ether oxygens (including phenoxy) is 1. The molecule has 100 valence electrons. The van der Waals surface area contributed by atoms with Gasteiger partial charge in [-0.05, 0) is 12.1 Å². The lowest BCUT2D eigenvalue weighted by Gasteiger charge is -2.08. The molecule has 0 aliphatic heterocycles. The fourth-order valence-electron chi connectivity index (χ4n) is 1.40. The summed E-state index contributed by atoms with van der Waals surface area (Å²) in [5.74, 6) is 1.18. The highest BCUT2D eigenvalue weighted by Gasteiger charge is 2.16. The van der Waals surface area contributed by atoms with Gasteiger partial charge in [-0.25, -0.2) is 0 Å². The maximum Gasteiger partial charge on any atom is 0.309 e. The SMILES string of the molecule is COC(=O)C(C)CS(=O)CCSc1ccccc1. The summed E-state index contributed by atoms with van der Waals surface area (Å²) < 4.78 is 16.4. The molecule has 1 rings (SSSR count). The van der Waals surface area contributed by atoms with Gasteiger partial charge in [-0.2, -0.15) is 0 Å². The van der Waals surface area contributed by atoms with Gasteiger partial charge in [0.05, 0.1) is 13.0 Å². The molecule has 1 aromatic rings. The fourth-order valence-corrected chi connectivity index (χ4v) is 3.92. The second-order valence-corrected chi connectivity index (χ2v) is 6.69. The topological polar surface area (TPSA) is 43.4 Å². The molecule has 5 heteroatoms. The van der Waals surface area contributed by atoms with Crippen molar-refractivity contribution in [3.8, 4) is 0 Å². The number of hydrogen-bond acceptors (Lipinski definition) is 4. The maximum atomic E-state index is 11.8. The molecule has 0 fully saturated rings. The van der Waals surface area contributed by atoms with Crippen molar-refractivity contribution in [1.29, 1.82) is 0 Å². The van der Waals surface area contributed by atoms with Crippen molar-refractivity contribution in [2.75, 3.05) is 24.4 Å². The highest BCUT2D eigenvalue weighted by molar-refractivity contribution is 8.00. The molecule has 0 radical (unpaired) electrons. The third-order valence-electron chi connectivity index (χ3n) is 2.36. The van der Waals surface area contributed by atoms with Crippen molar-refractivity contribution in [3.05, 3.63) is 30.3 Å². The van der Waals surface area contributed by atoms with E-state index in [0.717, 1.165) is 5.75 Å². The summed E-state index contributed by atoms with van der Waals surface area (Å²) in [6.45, 7) is 1.74. The highest BCUT2D eigenvalue weighted by Crippen LogP contribution is 2.16. The molecule has 2 unspecified atom stereocenters. The number of thioether (sulfide) groups is 1. The highest BCUT2D eigenvalue weighted by atomic mass is 32.2. The summed E-state index contributed by atoms with van der Waals surface area (Å²) in [6, 6.07) is 10.0. The molecule has 2 atom stereocenters. The van der Waals surface area contributed by atoms with Gasteiger partial charge in [0.1, 0.15) is 0 Å². The Bertz CT molecular complexity index is 392. The number of methoxy groups -OCH3 is 1. The standard InChI is InChI=1S/C13H18O3S2/c1-11(13(14)16-2)10-18(15)9-8-17-12-6-4-3-5-7-12/h3-7,11H,8-10H2,1-2H3. The van der Waals surface area contributed by atoms with E-state index in [2.05, 4.69) is 4.74 Å². The third-order valence-corrected chi connectivity index (χ3v) is 5.17.